The number of thioether (sulfide) groups is 1. The van der Waals surface area contributed by atoms with Gasteiger partial charge in [-0.25, -0.2) is 4.98 Å². The van der Waals surface area contributed by atoms with E-state index in [4.69, 9.17) is 14.5 Å². The predicted molar refractivity (Wildman–Crippen MR) is 114 cm³/mol. The average Bonchev–Trinajstić information content (AvgIpc) is 3.30. The highest BCUT2D eigenvalue weighted by Gasteiger charge is 2.20. The lowest BCUT2D eigenvalue weighted by Gasteiger charge is -2.15. The fraction of sp³-hybridized carbons (Fsp3) is 0.364. The minimum Gasteiger partial charge on any atom is -0.454 e. The van der Waals surface area contributed by atoms with E-state index in [0.717, 1.165) is 39.8 Å². The van der Waals surface area contributed by atoms with Crippen molar-refractivity contribution >= 4 is 28.7 Å². The summed E-state index contributed by atoms with van der Waals surface area (Å²) in [6.07, 6.45) is 0. The van der Waals surface area contributed by atoms with Gasteiger partial charge in [-0.2, -0.15) is 0 Å². The number of rotatable bonds is 7. The Morgan fingerprint density at radius 3 is 2.79 bits per heavy atom. The molecule has 4 rings (SSSR count). The third kappa shape index (κ3) is 4.34. The van der Waals surface area contributed by atoms with E-state index in [-0.39, 0.29) is 18.0 Å². The van der Waals surface area contributed by atoms with Crippen molar-refractivity contribution in [2.24, 2.45) is 5.92 Å². The van der Waals surface area contributed by atoms with Gasteiger partial charge in [0.1, 0.15) is 0 Å². The Kier molecular flexibility index (Phi) is 5.67. The van der Waals surface area contributed by atoms with Crippen molar-refractivity contribution in [2.45, 2.75) is 44.3 Å². The molecule has 2 aromatic carbocycles. The number of aromatic nitrogens is 2. The van der Waals surface area contributed by atoms with Crippen LogP contribution in [0.2, 0.25) is 0 Å². The molecule has 2 heterocycles. The Morgan fingerprint density at radius 1 is 1.17 bits per heavy atom. The van der Waals surface area contributed by atoms with E-state index >= 15 is 0 Å². The van der Waals surface area contributed by atoms with Crippen molar-refractivity contribution in [1.29, 1.82) is 0 Å². The summed E-state index contributed by atoms with van der Waals surface area (Å²) >= 11 is 1.50. The van der Waals surface area contributed by atoms with E-state index in [1.54, 1.807) is 0 Å². The lowest BCUT2D eigenvalue weighted by molar-refractivity contribution is -0.120. The number of amides is 1. The van der Waals surface area contributed by atoms with Crippen LogP contribution in [0.1, 0.15) is 26.3 Å². The first-order valence-corrected chi connectivity index (χ1v) is 10.7. The Bertz CT molecular complexity index is 1030. The molecule has 1 aromatic heterocycles. The predicted octanol–water partition coefficient (Wildman–Crippen LogP) is 4.22. The van der Waals surface area contributed by atoms with Crippen LogP contribution in [0.5, 0.6) is 11.5 Å². The highest BCUT2D eigenvalue weighted by Crippen LogP contribution is 2.32. The van der Waals surface area contributed by atoms with Crippen LogP contribution in [0.4, 0.5) is 0 Å². The van der Waals surface area contributed by atoms with Gasteiger partial charge < -0.3 is 19.4 Å². The maximum absolute atomic E-state index is 12.7. The molecule has 0 saturated heterocycles. The molecule has 1 amide bonds. The van der Waals surface area contributed by atoms with Crippen molar-refractivity contribution in [3.8, 4) is 11.5 Å². The summed E-state index contributed by atoms with van der Waals surface area (Å²) in [4.78, 5) is 17.4. The highest BCUT2D eigenvalue weighted by molar-refractivity contribution is 8.00. The summed E-state index contributed by atoms with van der Waals surface area (Å²) in [6.45, 7) is 7.85. The third-order valence-electron chi connectivity index (χ3n) is 4.72. The van der Waals surface area contributed by atoms with Gasteiger partial charge in [0, 0.05) is 13.1 Å². The van der Waals surface area contributed by atoms with Gasteiger partial charge in [0.2, 0.25) is 12.7 Å². The fourth-order valence-electron chi connectivity index (χ4n) is 3.28. The van der Waals surface area contributed by atoms with E-state index < -0.39 is 0 Å². The molecule has 0 spiro atoms. The lowest BCUT2D eigenvalue weighted by atomic mass is 10.2. The number of imidazole rings is 1. The number of benzene rings is 2. The van der Waals surface area contributed by atoms with E-state index in [1.165, 1.54) is 11.8 Å². The van der Waals surface area contributed by atoms with Gasteiger partial charge in [0.15, 0.2) is 16.7 Å². The molecule has 0 fully saturated rings. The Hall–Kier alpha value is -2.67. The SMILES string of the molecule is CC(C)Cn1c(S[C@@H](C)C(=O)NCc2ccc3c(c2)OCO3)nc2ccccc21. The van der Waals surface area contributed by atoms with Crippen LogP contribution in [-0.4, -0.2) is 27.5 Å². The Labute approximate surface area is 174 Å². The van der Waals surface area contributed by atoms with Crippen LogP contribution in [0.15, 0.2) is 47.6 Å². The zero-order valence-electron chi connectivity index (χ0n) is 16.8. The van der Waals surface area contributed by atoms with Crippen molar-refractivity contribution in [3.05, 3.63) is 48.0 Å². The first kappa shape index (κ1) is 19.6. The number of carbonyl (C=O) groups is 1. The van der Waals surface area contributed by atoms with E-state index in [2.05, 4.69) is 29.8 Å². The first-order chi connectivity index (χ1) is 14.0. The zero-order chi connectivity index (χ0) is 20.4. The van der Waals surface area contributed by atoms with Crippen LogP contribution >= 0.6 is 11.8 Å². The summed E-state index contributed by atoms with van der Waals surface area (Å²) in [6, 6.07) is 13.8. The minimum atomic E-state index is -0.258. The molecule has 1 aliphatic heterocycles. The molecular formula is C22H25N3O3S. The molecule has 29 heavy (non-hydrogen) atoms. The maximum Gasteiger partial charge on any atom is 0.233 e. The molecule has 7 heteroatoms. The normalized spacial score (nSPS) is 13.8. The maximum atomic E-state index is 12.7. The average molecular weight is 412 g/mol. The molecule has 1 atom stereocenters. The van der Waals surface area contributed by atoms with Crippen LogP contribution in [-0.2, 0) is 17.9 Å². The molecule has 0 radical (unpaired) electrons. The molecule has 152 valence electrons. The van der Waals surface area contributed by atoms with Gasteiger partial charge in [-0.05, 0) is 42.7 Å². The van der Waals surface area contributed by atoms with E-state index in [1.807, 2.05) is 43.3 Å². The number of hydrogen-bond acceptors (Lipinski definition) is 5. The second-order valence-corrected chi connectivity index (χ2v) is 8.86. The summed E-state index contributed by atoms with van der Waals surface area (Å²) in [7, 11) is 0. The van der Waals surface area contributed by atoms with Crippen LogP contribution < -0.4 is 14.8 Å². The number of nitrogens with zero attached hydrogens (tertiary/aromatic N) is 2. The number of ether oxygens (including phenoxy) is 2. The first-order valence-electron chi connectivity index (χ1n) is 9.79. The standard InChI is InChI=1S/C22H25N3O3S/c1-14(2)12-25-18-7-5-4-6-17(18)24-22(25)29-15(3)21(26)23-11-16-8-9-19-20(10-16)28-13-27-19/h4-10,14-15H,11-13H2,1-3H3,(H,23,26)/t15-/m0/s1. The molecule has 0 bridgehead atoms. The molecule has 3 aromatic rings. The van der Waals surface area contributed by atoms with Gasteiger partial charge in [0.05, 0.1) is 16.3 Å². The number of fused-ring (bicyclic) bond motifs is 2. The molecular weight excluding hydrogens is 386 g/mol. The monoisotopic (exact) mass is 411 g/mol. The van der Waals surface area contributed by atoms with Crippen molar-refractivity contribution in [1.82, 2.24) is 14.9 Å². The lowest BCUT2D eigenvalue weighted by Crippen LogP contribution is -2.30. The largest absolute Gasteiger partial charge is 0.454 e. The number of hydrogen-bond donors (Lipinski definition) is 1. The zero-order valence-corrected chi connectivity index (χ0v) is 17.7. The van der Waals surface area contributed by atoms with E-state index in [9.17, 15) is 4.79 Å². The fourth-order valence-corrected chi connectivity index (χ4v) is 4.24. The van der Waals surface area contributed by atoms with Gasteiger partial charge >= 0.3 is 0 Å². The molecule has 0 unspecified atom stereocenters. The highest BCUT2D eigenvalue weighted by atomic mass is 32.2. The molecule has 0 aliphatic carbocycles. The molecule has 1 aliphatic rings. The summed E-state index contributed by atoms with van der Waals surface area (Å²) in [5.41, 5.74) is 3.05. The Balaban J connectivity index is 1.43. The van der Waals surface area contributed by atoms with Crippen molar-refractivity contribution in [3.63, 3.8) is 0 Å². The van der Waals surface area contributed by atoms with Crippen LogP contribution in [0.3, 0.4) is 0 Å². The minimum absolute atomic E-state index is 0.0178. The van der Waals surface area contributed by atoms with Crippen molar-refractivity contribution < 1.29 is 14.3 Å². The molecule has 6 nitrogen and oxygen atoms in total. The van der Waals surface area contributed by atoms with Gasteiger partial charge in [-0.15, -0.1) is 0 Å². The number of carbonyl (C=O) groups excluding carboxylic acids is 1. The summed E-state index contributed by atoms with van der Waals surface area (Å²) < 4.78 is 12.9. The second-order valence-electron chi connectivity index (χ2n) is 7.55. The third-order valence-corrected chi connectivity index (χ3v) is 5.81. The molecule has 1 N–H and O–H groups in total. The quantitative estimate of drug-likeness (QED) is 0.590. The van der Waals surface area contributed by atoms with E-state index in [0.29, 0.717) is 12.5 Å². The van der Waals surface area contributed by atoms with Gasteiger partial charge in [0.25, 0.3) is 0 Å². The van der Waals surface area contributed by atoms with Crippen LogP contribution in [0.25, 0.3) is 11.0 Å². The number of para-hydroxylation sites is 2. The Morgan fingerprint density at radius 2 is 1.97 bits per heavy atom. The number of nitrogens with one attached hydrogen (secondary N) is 1. The van der Waals surface area contributed by atoms with Crippen molar-refractivity contribution in [2.75, 3.05) is 6.79 Å². The summed E-state index contributed by atoms with van der Waals surface area (Å²) in [5, 5.41) is 3.63. The van der Waals surface area contributed by atoms with Gasteiger partial charge in [-0.1, -0.05) is 43.8 Å². The second kappa shape index (κ2) is 8.37. The summed E-state index contributed by atoms with van der Waals surface area (Å²) in [5.74, 6) is 1.94. The topological polar surface area (TPSA) is 65.4 Å². The molecule has 0 saturated carbocycles. The smallest absolute Gasteiger partial charge is 0.233 e. The van der Waals surface area contributed by atoms with Gasteiger partial charge in [-0.3, -0.25) is 4.79 Å². The van der Waals surface area contributed by atoms with Crippen LogP contribution in [0, 0.1) is 5.92 Å².